The quantitative estimate of drug-likeness (QED) is 0.692. The van der Waals surface area contributed by atoms with Crippen molar-refractivity contribution in [1.82, 2.24) is 14.8 Å². The van der Waals surface area contributed by atoms with E-state index < -0.39 is 0 Å². The molecule has 0 bridgehead atoms. The average molecular weight is 309 g/mol. The summed E-state index contributed by atoms with van der Waals surface area (Å²) in [5, 5.41) is 6.36. The molecule has 5 heteroatoms. The highest BCUT2D eigenvalue weighted by Crippen LogP contribution is 2.27. The number of aryl methyl sites for hydroxylation is 2. The van der Waals surface area contributed by atoms with Crippen LogP contribution >= 0.6 is 0 Å². The normalized spacial score (nSPS) is 10.9. The number of pyridine rings is 1. The van der Waals surface area contributed by atoms with Crippen molar-refractivity contribution in [1.29, 1.82) is 0 Å². The van der Waals surface area contributed by atoms with E-state index in [4.69, 9.17) is 4.74 Å². The maximum Gasteiger partial charge on any atom is 0.356 e. The summed E-state index contributed by atoms with van der Waals surface area (Å²) < 4.78 is 6.72. The van der Waals surface area contributed by atoms with Gasteiger partial charge in [-0.3, -0.25) is 0 Å². The molecule has 0 radical (unpaired) electrons. The zero-order chi connectivity index (χ0) is 16.4. The largest absolute Gasteiger partial charge is 0.464 e. The summed E-state index contributed by atoms with van der Waals surface area (Å²) in [6.45, 7) is 4.00. The van der Waals surface area contributed by atoms with Crippen molar-refractivity contribution in [2.75, 3.05) is 7.11 Å². The van der Waals surface area contributed by atoms with Crippen LogP contribution in [0.3, 0.4) is 0 Å². The zero-order valence-electron chi connectivity index (χ0n) is 13.5. The van der Waals surface area contributed by atoms with Crippen molar-refractivity contribution < 1.29 is 9.53 Å². The molecule has 0 aliphatic rings. The minimum atomic E-state index is -0.386. The van der Waals surface area contributed by atoms with Gasteiger partial charge < -0.3 is 4.74 Å². The van der Waals surface area contributed by atoms with E-state index in [1.807, 2.05) is 36.0 Å². The molecule has 0 fully saturated rings. The SMILES string of the molecule is CCCc1c(C(=O)OC)nc(C)c2ccc(-n3cccn3)cc12. The molecule has 3 aromatic rings. The van der Waals surface area contributed by atoms with Crippen molar-refractivity contribution >= 4 is 16.7 Å². The van der Waals surface area contributed by atoms with Gasteiger partial charge in [-0.25, -0.2) is 14.5 Å². The van der Waals surface area contributed by atoms with E-state index in [0.29, 0.717) is 5.69 Å². The van der Waals surface area contributed by atoms with Crippen LogP contribution < -0.4 is 0 Å². The standard InChI is InChI=1S/C18H19N3O2/c1-4-6-15-16-11-13(21-10-5-9-19-21)7-8-14(16)12(2)20-17(15)18(22)23-3/h5,7-11H,4,6H2,1-3H3. The van der Waals surface area contributed by atoms with Crippen LogP contribution in [-0.4, -0.2) is 27.8 Å². The molecule has 0 amide bonds. The van der Waals surface area contributed by atoms with Crippen LogP contribution in [-0.2, 0) is 11.2 Å². The highest BCUT2D eigenvalue weighted by atomic mass is 16.5. The van der Waals surface area contributed by atoms with Gasteiger partial charge in [0.2, 0.25) is 0 Å². The maximum atomic E-state index is 12.1. The number of hydrogen-bond acceptors (Lipinski definition) is 4. The van der Waals surface area contributed by atoms with E-state index in [-0.39, 0.29) is 5.97 Å². The fourth-order valence-electron chi connectivity index (χ4n) is 2.85. The van der Waals surface area contributed by atoms with Crippen molar-refractivity contribution in [3.63, 3.8) is 0 Å². The second-order valence-corrected chi connectivity index (χ2v) is 5.45. The number of nitrogens with zero attached hydrogens (tertiary/aromatic N) is 3. The average Bonchev–Trinajstić information content (AvgIpc) is 3.10. The first-order valence-corrected chi connectivity index (χ1v) is 7.67. The fourth-order valence-corrected chi connectivity index (χ4v) is 2.85. The lowest BCUT2D eigenvalue weighted by molar-refractivity contribution is 0.0592. The molecule has 2 heterocycles. The van der Waals surface area contributed by atoms with E-state index in [9.17, 15) is 4.79 Å². The molecule has 0 saturated heterocycles. The Bertz CT molecular complexity index is 854. The lowest BCUT2D eigenvalue weighted by atomic mass is 9.98. The first kappa shape index (κ1) is 15.2. The number of carbonyl (C=O) groups is 1. The van der Waals surface area contributed by atoms with Gasteiger partial charge in [0.15, 0.2) is 5.69 Å². The van der Waals surface area contributed by atoms with Crippen LogP contribution in [0, 0.1) is 6.92 Å². The van der Waals surface area contributed by atoms with Gasteiger partial charge in [0.05, 0.1) is 12.8 Å². The summed E-state index contributed by atoms with van der Waals surface area (Å²) in [6, 6.07) is 8.00. The highest BCUT2D eigenvalue weighted by Gasteiger charge is 2.18. The van der Waals surface area contributed by atoms with Gasteiger partial charge in [0, 0.05) is 23.5 Å². The third kappa shape index (κ3) is 2.70. The summed E-state index contributed by atoms with van der Waals surface area (Å²) in [4.78, 5) is 16.6. The summed E-state index contributed by atoms with van der Waals surface area (Å²) in [6.07, 6.45) is 5.34. The molecule has 5 nitrogen and oxygen atoms in total. The van der Waals surface area contributed by atoms with Crippen molar-refractivity contribution in [3.05, 3.63) is 53.6 Å². The van der Waals surface area contributed by atoms with Crippen molar-refractivity contribution in [2.45, 2.75) is 26.7 Å². The van der Waals surface area contributed by atoms with Crippen molar-refractivity contribution in [2.24, 2.45) is 0 Å². The minimum absolute atomic E-state index is 0.386. The fraction of sp³-hybridized carbons (Fsp3) is 0.278. The molecule has 0 saturated carbocycles. The third-order valence-corrected chi connectivity index (χ3v) is 3.93. The number of carbonyl (C=O) groups excluding carboxylic acids is 1. The Morgan fingerprint density at radius 1 is 1.30 bits per heavy atom. The Morgan fingerprint density at radius 3 is 2.78 bits per heavy atom. The molecule has 0 N–H and O–H groups in total. The third-order valence-electron chi connectivity index (χ3n) is 3.93. The summed E-state index contributed by atoms with van der Waals surface area (Å²) in [5.41, 5.74) is 3.14. The molecule has 0 aliphatic carbocycles. The van der Waals surface area contributed by atoms with Gasteiger partial charge in [-0.05, 0) is 42.5 Å². The van der Waals surface area contributed by atoms with Crippen LogP contribution in [0.5, 0.6) is 0 Å². The number of hydrogen-bond donors (Lipinski definition) is 0. The lowest BCUT2D eigenvalue weighted by Crippen LogP contribution is -2.11. The molecule has 118 valence electrons. The predicted molar refractivity (Wildman–Crippen MR) is 88.9 cm³/mol. The Hall–Kier alpha value is -2.69. The van der Waals surface area contributed by atoms with E-state index in [2.05, 4.69) is 23.1 Å². The van der Waals surface area contributed by atoms with E-state index in [0.717, 1.165) is 40.6 Å². The van der Waals surface area contributed by atoms with Gasteiger partial charge in [0.25, 0.3) is 0 Å². The van der Waals surface area contributed by atoms with Gasteiger partial charge in [-0.15, -0.1) is 0 Å². The Balaban J connectivity index is 2.30. The molecular formula is C18H19N3O2. The van der Waals surface area contributed by atoms with E-state index in [1.54, 1.807) is 6.20 Å². The zero-order valence-corrected chi connectivity index (χ0v) is 13.5. The molecule has 0 aliphatic heterocycles. The second kappa shape index (κ2) is 6.20. The number of methoxy groups -OCH3 is 1. The number of fused-ring (bicyclic) bond motifs is 1. The summed E-state index contributed by atoms with van der Waals surface area (Å²) in [7, 11) is 1.39. The lowest BCUT2D eigenvalue weighted by Gasteiger charge is -2.14. The van der Waals surface area contributed by atoms with Gasteiger partial charge >= 0.3 is 5.97 Å². The van der Waals surface area contributed by atoms with Gasteiger partial charge in [-0.1, -0.05) is 19.4 Å². The van der Waals surface area contributed by atoms with Gasteiger partial charge in [0.1, 0.15) is 0 Å². The van der Waals surface area contributed by atoms with Gasteiger partial charge in [-0.2, -0.15) is 5.10 Å². The molecule has 0 unspecified atom stereocenters. The predicted octanol–water partition coefficient (Wildman–Crippen LogP) is 3.47. The Labute approximate surface area is 134 Å². The maximum absolute atomic E-state index is 12.1. The smallest absolute Gasteiger partial charge is 0.356 e. The number of ether oxygens (including phenoxy) is 1. The van der Waals surface area contributed by atoms with Crippen LogP contribution in [0.15, 0.2) is 36.7 Å². The topological polar surface area (TPSA) is 57.0 Å². The minimum Gasteiger partial charge on any atom is -0.464 e. The molecule has 3 rings (SSSR count). The van der Waals surface area contributed by atoms with Crippen LogP contribution in [0.4, 0.5) is 0 Å². The van der Waals surface area contributed by atoms with E-state index >= 15 is 0 Å². The van der Waals surface area contributed by atoms with Crippen LogP contribution in [0.2, 0.25) is 0 Å². The Morgan fingerprint density at radius 2 is 2.13 bits per heavy atom. The van der Waals surface area contributed by atoms with Crippen molar-refractivity contribution in [3.8, 4) is 5.69 Å². The molecular weight excluding hydrogens is 290 g/mol. The number of rotatable bonds is 4. The van der Waals surface area contributed by atoms with Crippen LogP contribution in [0.25, 0.3) is 16.5 Å². The molecule has 23 heavy (non-hydrogen) atoms. The molecule has 0 spiro atoms. The number of esters is 1. The molecule has 2 aromatic heterocycles. The number of aromatic nitrogens is 3. The first-order valence-electron chi connectivity index (χ1n) is 7.67. The Kier molecular flexibility index (Phi) is 4.10. The van der Waals surface area contributed by atoms with E-state index in [1.165, 1.54) is 7.11 Å². The monoisotopic (exact) mass is 309 g/mol. The first-order chi connectivity index (χ1) is 11.2. The summed E-state index contributed by atoms with van der Waals surface area (Å²) in [5.74, 6) is -0.386. The highest BCUT2D eigenvalue weighted by molar-refractivity contribution is 5.98. The molecule has 0 atom stereocenters. The second-order valence-electron chi connectivity index (χ2n) is 5.45. The van der Waals surface area contributed by atoms with Crippen LogP contribution in [0.1, 0.15) is 35.1 Å². The molecule has 1 aromatic carbocycles. The number of benzene rings is 1. The summed E-state index contributed by atoms with van der Waals surface area (Å²) >= 11 is 0.